The zero-order valence-corrected chi connectivity index (χ0v) is 11.8. The van der Waals surface area contributed by atoms with Crippen molar-refractivity contribution in [3.63, 3.8) is 0 Å². The predicted molar refractivity (Wildman–Crippen MR) is 67.7 cm³/mol. The molecule has 0 bridgehead atoms. The number of halogens is 3. The molecule has 1 heterocycles. The number of carboxylic acid groups (broad SMARTS) is 1. The lowest BCUT2D eigenvalue weighted by molar-refractivity contribution is -0.136. The number of carboxylic acids is 1. The van der Waals surface area contributed by atoms with Crippen molar-refractivity contribution in [1.82, 2.24) is 14.8 Å². The number of unbranched alkanes of at least 4 members (excludes halogenated alkanes) is 1. The highest BCUT2D eigenvalue weighted by Crippen LogP contribution is 2.23. The van der Waals surface area contributed by atoms with Crippen LogP contribution in [0.3, 0.4) is 0 Å². The first-order valence-electron chi connectivity index (χ1n) is 6.17. The van der Waals surface area contributed by atoms with Gasteiger partial charge in [0.15, 0.2) is 5.16 Å². The minimum absolute atomic E-state index is 0.0356. The Morgan fingerprint density at radius 2 is 2.05 bits per heavy atom. The number of nitrogens with zero attached hydrogens (tertiary/aromatic N) is 3. The van der Waals surface area contributed by atoms with E-state index < -0.39 is 18.6 Å². The molecule has 0 saturated heterocycles. The summed E-state index contributed by atoms with van der Waals surface area (Å²) in [6, 6.07) is 0. The lowest BCUT2D eigenvalue weighted by Crippen LogP contribution is -2.09. The standard InChI is InChI=1S/C11H16F3N3O2S/c1-2-8-15-16-10(20-7-9(18)19)17(8)6-4-3-5-11(12,13)14/h2-7H2,1H3,(H,18,19). The number of aromatic nitrogens is 3. The summed E-state index contributed by atoms with van der Waals surface area (Å²) >= 11 is 1.02. The van der Waals surface area contributed by atoms with Crippen LogP contribution in [0.25, 0.3) is 0 Å². The molecule has 0 spiro atoms. The van der Waals surface area contributed by atoms with Crippen molar-refractivity contribution in [3.8, 4) is 0 Å². The van der Waals surface area contributed by atoms with Crippen LogP contribution in [0.2, 0.25) is 0 Å². The van der Waals surface area contributed by atoms with Crippen molar-refractivity contribution < 1.29 is 23.1 Å². The minimum Gasteiger partial charge on any atom is -0.481 e. The van der Waals surface area contributed by atoms with Gasteiger partial charge in [-0.05, 0) is 12.8 Å². The van der Waals surface area contributed by atoms with Crippen molar-refractivity contribution in [2.45, 2.75) is 50.5 Å². The Morgan fingerprint density at radius 1 is 1.35 bits per heavy atom. The van der Waals surface area contributed by atoms with E-state index in [2.05, 4.69) is 10.2 Å². The molecule has 0 aliphatic carbocycles. The monoisotopic (exact) mass is 311 g/mol. The molecule has 20 heavy (non-hydrogen) atoms. The normalized spacial score (nSPS) is 11.8. The van der Waals surface area contributed by atoms with Crippen LogP contribution in [-0.2, 0) is 17.8 Å². The summed E-state index contributed by atoms with van der Waals surface area (Å²) in [5.41, 5.74) is 0. The van der Waals surface area contributed by atoms with Gasteiger partial charge in [-0.15, -0.1) is 10.2 Å². The molecule has 0 radical (unpaired) electrons. The van der Waals surface area contributed by atoms with Crippen LogP contribution in [0.4, 0.5) is 13.2 Å². The highest BCUT2D eigenvalue weighted by atomic mass is 32.2. The van der Waals surface area contributed by atoms with E-state index in [0.29, 0.717) is 30.4 Å². The highest BCUT2D eigenvalue weighted by molar-refractivity contribution is 7.99. The van der Waals surface area contributed by atoms with Crippen molar-refractivity contribution in [2.24, 2.45) is 0 Å². The number of carbonyl (C=O) groups is 1. The van der Waals surface area contributed by atoms with Crippen LogP contribution in [0.1, 0.15) is 32.0 Å². The van der Waals surface area contributed by atoms with E-state index in [0.717, 1.165) is 11.8 Å². The fraction of sp³-hybridized carbons (Fsp3) is 0.727. The Hall–Kier alpha value is -1.25. The maximum atomic E-state index is 12.1. The van der Waals surface area contributed by atoms with Gasteiger partial charge in [-0.2, -0.15) is 13.2 Å². The summed E-state index contributed by atoms with van der Waals surface area (Å²) in [6.07, 6.45) is -3.96. The van der Waals surface area contributed by atoms with Crippen LogP contribution in [0.5, 0.6) is 0 Å². The summed E-state index contributed by atoms with van der Waals surface area (Å²) < 4.78 is 37.9. The van der Waals surface area contributed by atoms with Crippen LogP contribution in [-0.4, -0.2) is 37.8 Å². The lowest BCUT2D eigenvalue weighted by Gasteiger charge is -2.09. The average Bonchev–Trinajstić information content (AvgIpc) is 2.73. The van der Waals surface area contributed by atoms with Crippen molar-refractivity contribution in [3.05, 3.63) is 5.82 Å². The number of rotatable bonds is 8. The van der Waals surface area contributed by atoms with E-state index in [1.165, 1.54) is 0 Å². The van der Waals surface area contributed by atoms with Crippen molar-refractivity contribution in [2.75, 3.05) is 5.75 Å². The van der Waals surface area contributed by atoms with Crippen molar-refractivity contribution >= 4 is 17.7 Å². The van der Waals surface area contributed by atoms with E-state index in [-0.39, 0.29) is 12.2 Å². The summed E-state index contributed by atoms with van der Waals surface area (Å²) in [6.45, 7) is 2.23. The molecule has 0 aliphatic heterocycles. The number of alkyl halides is 3. The zero-order chi connectivity index (χ0) is 15.2. The molecule has 1 aromatic heterocycles. The Labute approximate surface area is 118 Å². The molecule has 5 nitrogen and oxygen atoms in total. The predicted octanol–water partition coefficient (Wildman–Crippen LogP) is 2.75. The van der Waals surface area contributed by atoms with Gasteiger partial charge in [-0.3, -0.25) is 4.79 Å². The molecule has 114 valence electrons. The van der Waals surface area contributed by atoms with Crippen molar-refractivity contribution in [1.29, 1.82) is 0 Å². The highest BCUT2D eigenvalue weighted by Gasteiger charge is 2.26. The maximum Gasteiger partial charge on any atom is 0.389 e. The third-order valence-electron chi connectivity index (χ3n) is 2.53. The minimum atomic E-state index is -4.14. The van der Waals surface area contributed by atoms with Gasteiger partial charge in [-0.1, -0.05) is 18.7 Å². The molecule has 1 rings (SSSR count). The van der Waals surface area contributed by atoms with Gasteiger partial charge in [-0.25, -0.2) is 0 Å². The molecular formula is C11H16F3N3O2S. The Kier molecular flexibility index (Phi) is 6.31. The molecule has 0 aromatic carbocycles. The fourth-order valence-electron chi connectivity index (χ4n) is 1.63. The summed E-state index contributed by atoms with van der Waals surface area (Å²) in [5, 5.41) is 16.9. The second-order valence-electron chi connectivity index (χ2n) is 4.16. The van der Waals surface area contributed by atoms with E-state index >= 15 is 0 Å². The Balaban J connectivity index is 2.57. The molecule has 0 atom stereocenters. The van der Waals surface area contributed by atoms with Gasteiger partial charge >= 0.3 is 12.1 Å². The third-order valence-corrected chi connectivity index (χ3v) is 3.48. The molecule has 0 amide bonds. The smallest absolute Gasteiger partial charge is 0.389 e. The molecule has 1 N–H and O–H groups in total. The van der Waals surface area contributed by atoms with Crippen LogP contribution in [0.15, 0.2) is 5.16 Å². The summed E-state index contributed by atoms with van der Waals surface area (Å²) in [7, 11) is 0. The van der Waals surface area contributed by atoms with Gasteiger partial charge in [0.2, 0.25) is 0 Å². The van der Waals surface area contributed by atoms with Gasteiger partial charge in [0, 0.05) is 19.4 Å². The second kappa shape index (κ2) is 7.51. The first-order chi connectivity index (χ1) is 9.33. The molecule has 0 fully saturated rings. The zero-order valence-electron chi connectivity index (χ0n) is 11.0. The van der Waals surface area contributed by atoms with E-state index in [9.17, 15) is 18.0 Å². The summed E-state index contributed by atoms with van der Waals surface area (Å²) in [4.78, 5) is 10.5. The van der Waals surface area contributed by atoms with E-state index in [1.54, 1.807) is 4.57 Å². The van der Waals surface area contributed by atoms with E-state index in [4.69, 9.17) is 5.11 Å². The molecule has 0 aliphatic rings. The number of hydrogen-bond donors (Lipinski definition) is 1. The van der Waals surface area contributed by atoms with Gasteiger partial charge in [0.25, 0.3) is 0 Å². The molecule has 0 saturated carbocycles. The fourth-order valence-corrected chi connectivity index (χ4v) is 2.34. The number of aliphatic carboxylic acids is 1. The van der Waals surface area contributed by atoms with Gasteiger partial charge in [0.1, 0.15) is 5.82 Å². The largest absolute Gasteiger partial charge is 0.481 e. The molecule has 9 heteroatoms. The van der Waals surface area contributed by atoms with Gasteiger partial charge in [0.05, 0.1) is 5.75 Å². The second-order valence-corrected chi connectivity index (χ2v) is 5.10. The SMILES string of the molecule is CCc1nnc(SCC(=O)O)n1CCCCC(F)(F)F. The maximum absolute atomic E-state index is 12.1. The lowest BCUT2D eigenvalue weighted by atomic mass is 10.2. The van der Waals surface area contributed by atoms with Crippen LogP contribution < -0.4 is 0 Å². The first-order valence-corrected chi connectivity index (χ1v) is 7.15. The topological polar surface area (TPSA) is 68.0 Å². The van der Waals surface area contributed by atoms with Crippen LogP contribution >= 0.6 is 11.8 Å². The number of aryl methyl sites for hydroxylation is 1. The van der Waals surface area contributed by atoms with Crippen LogP contribution in [0, 0.1) is 0 Å². The Morgan fingerprint density at radius 3 is 2.60 bits per heavy atom. The molecule has 0 unspecified atom stereocenters. The van der Waals surface area contributed by atoms with Gasteiger partial charge < -0.3 is 9.67 Å². The summed E-state index contributed by atoms with van der Waals surface area (Å²) in [5.74, 6) is -0.464. The quantitative estimate of drug-likeness (QED) is 0.590. The number of thioether (sulfide) groups is 1. The first kappa shape index (κ1) is 16.8. The average molecular weight is 311 g/mol. The van der Waals surface area contributed by atoms with E-state index in [1.807, 2.05) is 6.92 Å². The third kappa shape index (κ3) is 5.81. The Bertz CT molecular complexity index is 449. The molecular weight excluding hydrogens is 295 g/mol. The molecule has 1 aromatic rings. The number of hydrogen-bond acceptors (Lipinski definition) is 4.